The number of hydrogen-bond donors (Lipinski definition) is 1. The summed E-state index contributed by atoms with van der Waals surface area (Å²) in [5, 5.41) is 14.3. The second-order valence-electron chi connectivity index (χ2n) is 5.12. The van der Waals surface area contributed by atoms with Gasteiger partial charge in [-0.2, -0.15) is 5.10 Å². The van der Waals surface area contributed by atoms with Crippen molar-refractivity contribution in [1.82, 2.24) is 29.6 Å². The highest BCUT2D eigenvalue weighted by atomic mass is 79.9. The average molecular weight is 373 g/mol. The Morgan fingerprint density at radius 3 is 2.90 bits per heavy atom. The summed E-state index contributed by atoms with van der Waals surface area (Å²) in [4.78, 5) is 2.15. The Bertz CT molecular complexity index is 539. The lowest BCUT2D eigenvalue weighted by atomic mass is 10.1. The fourth-order valence-corrected chi connectivity index (χ4v) is 3.06. The van der Waals surface area contributed by atoms with E-state index >= 15 is 0 Å². The van der Waals surface area contributed by atoms with Gasteiger partial charge in [0.15, 0.2) is 0 Å². The first-order valence-corrected chi connectivity index (χ1v) is 8.62. The average Bonchev–Trinajstić information content (AvgIpc) is 3.09. The van der Waals surface area contributed by atoms with Gasteiger partial charge in [0.05, 0.1) is 34.6 Å². The van der Waals surface area contributed by atoms with E-state index in [1.807, 2.05) is 16.3 Å². The first kappa shape index (κ1) is 16.5. The molecule has 0 aliphatic heterocycles. The van der Waals surface area contributed by atoms with Crippen LogP contribution in [0.5, 0.6) is 0 Å². The largest absolute Gasteiger partial charge is 0.308 e. The highest BCUT2D eigenvalue weighted by molar-refractivity contribution is 9.10. The fraction of sp³-hybridized carbons (Fsp3) is 0.615. The summed E-state index contributed by atoms with van der Waals surface area (Å²) in [6, 6.07) is 0.0164. The van der Waals surface area contributed by atoms with Crippen molar-refractivity contribution >= 4 is 27.5 Å². The zero-order chi connectivity index (χ0) is 15.2. The number of aromatic nitrogens is 4. The van der Waals surface area contributed by atoms with Crippen molar-refractivity contribution in [3.8, 4) is 0 Å². The molecule has 1 unspecified atom stereocenters. The number of nitrogens with one attached hydrogen (secondary N) is 1. The molecular weight excluding hydrogens is 352 g/mol. The van der Waals surface area contributed by atoms with Crippen LogP contribution in [-0.4, -0.2) is 51.5 Å². The van der Waals surface area contributed by atoms with Crippen LogP contribution in [0.4, 0.5) is 0 Å². The smallest absolute Gasteiger partial charge is 0.0986 e. The molecule has 2 aromatic rings. The Morgan fingerprint density at radius 1 is 1.48 bits per heavy atom. The highest BCUT2D eigenvalue weighted by Crippen LogP contribution is 2.28. The topological polar surface area (TPSA) is 58.9 Å². The van der Waals surface area contributed by atoms with E-state index in [0.29, 0.717) is 0 Å². The van der Waals surface area contributed by atoms with Crippen LogP contribution in [-0.2, 0) is 6.54 Å². The third-order valence-electron chi connectivity index (χ3n) is 3.14. The van der Waals surface area contributed by atoms with Gasteiger partial charge in [0.2, 0.25) is 0 Å². The van der Waals surface area contributed by atoms with E-state index < -0.39 is 0 Å². The van der Waals surface area contributed by atoms with Gasteiger partial charge in [-0.1, -0.05) is 11.4 Å². The maximum absolute atomic E-state index is 4.48. The molecule has 0 amide bonds. The van der Waals surface area contributed by atoms with E-state index in [1.165, 1.54) is 11.5 Å². The fourth-order valence-electron chi connectivity index (χ4n) is 2.06. The van der Waals surface area contributed by atoms with Crippen molar-refractivity contribution < 1.29 is 0 Å². The molecule has 0 aliphatic rings. The predicted molar refractivity (Wildman–Crippen MR) is 88.5 cm³/mol. The number of nitrogens with zero attached hydrogens (tertiary/aromatic N) is 5. The van der Waals surface area contributed by atoms with Gasteiger partial charge in [-0.15, -0.1) is 5.10 Å². The van der Waals surface area contributed by atoms with Crippen molar-refractivity contribution in [2.45, 2.75) is 25.9 Å². The van der Waals surface area contributed by atoms with Crippen molar-refractivity contribution in [1.29, 1.82) is 0 Å². The lowest BCUT2D eigenvalue weighted by Crippen LogP contribution is -2.28. The molecule has 1 atom stereocenters. The molecule has 116 valence electrons. The van der Waals surface area contributed by atoms with Gasteiger partial charge in [0, 0.05) is 11.9 Å². The first-order chi connectivity index (χ1) is 10.1. The van der Waals surface area contributed by atoms with Crippen LogP contribution in [0, 0.1) is 0 Å². The molecule has 0 radical (unpaired) electrons. The first-order valence-electron chi connectivity index (χ1n) is 6.99. The monoisotopic (exact) mass is 372 g/mol. The van der Waals surface area contributed by atoms with Crippen LogP contribution >= 0.6 is 27.5 Å². The summed E-state index contributed by atoms with van der Waals surface area (Å²) < 4.78 is 7.03. The Kier molecular flexibility index (Phi) is 6.28. The summed E-state index contributed by atoms with van der Waals surface area (Å²) in [6.07, 6.45) is 2.92. The molecule has 0 saturated carbocycles. The van der Waals surface area contributed by atoms with E-state index in [4.69, 9.17) is 0 Å². The minimum Gasteiger partial charge on any atom is -0.308 e. The summed E-state index contributed by atoms with van der Waals surface area (Å²) in [7, 11) is 4.13. The minimum atomic E-state index is 0.0164. The molecule has 21 heavy (non-hydrogen) atoms. The van der Waals surface area contributed by atoms with Crippen LogP contribution < -0.4 is 5.32 Å². The molecule has 0 spiro atoms. The molecule has 2 heterocycles. The molecule has 1 N–H and O–H groups in total. The summed E-state index contributed by atoms with van der Waals surface area (Å²) in [5.74, 6) is 0. The van der Waals surface area contributed by atoms with E-state index in [-0.39, 0.29) is 6.04 Å². The summed E-state index contributed by atoms with van der Waals surface area (Å²) in [5.41, 5.74) is 2.05. The second-order valence-corrected chi connectivity index (χ2v) is 6.59. The SMILES string of the molecule is CCCNC(c1csnn1)c1c(Br)cnn1CCN(C)C. The molecule has 0 fully saturated rings. The molecule has 0 bridgehead atoms. The van der Waals surface area contributed by atoms with Gasteiger partial charge >= 0.3 is 0 Å². The van der Waals surface area contributed by atoms with E-state index in [2.05, 4.69) is 61.9 Å². The molecule has 8 heteroatoms. The predicted octanol–water partition coefficient (Wildman–Crippen LogP) is 2.15. The molecule has 2 aromatic heterocycles. The van der Waals surface area contributed by atoms with Gasteiger partial charge in [0.25, 0.3) is 0 Å². The Hall–Kier alpha value is -0.830. The molecule has 0 aliphatic carbocycles. The standard InChI is InChI=1S/C13H21BrN6S/c1-4-5-15-12(11-9-21-18-17-11)13-10(14)8-16-20(13)7-6-19(2)3/h8-9,12,15H,4-7H2,1-3H3. The Morgan fingerprint density at radius 2 is 2.29 bits per heavy atom. The van der Waals surface area contributed by atoms with Gasteiger partial charge in [-0.3, -0.25) is 4.68 Å². The van der Waals surface area contributed by atoms with Crippen molar-refractivity contribution in [2.24, 2.45) is 0 Å². The van der Waals surface area contributed by atoms with Crippen LogP contribution in [0.2, 0.25) is 0 Å². The zero-order valence-corrected chi connectivity index (χ0v) is 15.0. The van der Waals surface area contributed by atoms with E-state index in [1.54, 1.807) is 0 Å². The van der Waals surface area contributed by atoms with E-state index in [9.17, 15) is 0 Å². The van der Waals surface area contributed by atoms with Gasteiger partial charge in [0.1, 0.15) is 0 Å². The third-order valence-corrected chi connectivity index (χ3v) is 4.27. The van der Waals surface area contributed by atoms with Crippen LogP contribution in [0.15, 0.2) is 16.0 Å². The molecule has 0 saturated heterocycles. The Labute approximate surface area is 137 Å². The third kappa shape index (κ3) is 4.32. The minimum absolute atomic E-state index is 0.0164. The van der Waals surface area contributed by atoms with Crippen molar-refractivity contribution in [3.63, 3.8) is 0 Å². The van der Waals surface area contributed by atoms with Crippen LogP contribution in [0.1, 0.15) is 30.8 Å². The van der Waals surface area contributed by atoms with Crippen LogP contribution in [0.25, 0.3) is 0 Å². The lowest BCUT2D eigenvalue weighted by molar-refractivity contribution is 0.364. The second kappa shape index (κ2) is 7.98. The molecule has 6 nitrogen and oxygen atoms in total. The van der Waals surface area contributed by atoms with E-state index in [0.717, 1.165) is 41.9 Å². The molecule has 0 aromatic carbocycles. The summed E-state index contributed by atoms with van der Waals surface area (Å²) >= 11 is 4.99. The van der Waals surface area contributed by atoms with Gasteiger partial charge in [-0.05, 0) is 54.5 Å². The van der Waals surface area contributed by atoms with Gasteiger partial charge in [-0.25, -0.2) is 0 Å². The van der Waals surface area contributed by atoms with Crippen LogP contribution in [0.3, 0.4) is 0 Å². The maximum atomic E-state index is 4.48. The molecule has 2 rings (SSSR count). The number of hydrogen-bond acceptors (Lipinski definition) is 6. The normalized spacial score (nSPS) is 13.0. The number of halogens is 1. The number of rotatable bonds is 8. The lowest BCUT2D eigenvalue weighted by Gasteiger charge is -2.19. The highest BCUT2D eigenvalue weighted by Gasteiger charge is 2.23. The Balaban J connectivity index is 2.28. The van der Waals surface area contributed by atoms with Crippen molar-refractivity contribution in [2.75, 3.05) is 27.2 Å². The molecular formula is C13H21BrN6S. The number of likely N-dealkylation sites (N-methyl/N-ethyl adjacent to an activating group) is 1. The quantitative estimate of drug-likeness (QED) is 0.769. The summed E-state index contributed by atoms with van der Waals surface area (Å²) in [6.45, 7) is 4.86. The zero-order valence-electron chi connectivity index (χ0n) is 12.6. The van der Waals surface area contributed by atoms with Crippen molar-refractivity contribution in [3.05, 3.63) is 27.4 Å². The maximum Gasteiger partial charge on any atom is 0.0986 e. The van der Waals surface area contributed by atoms with Gasteiger partial charge < -0.3 is 10.2 Å².